The topological polar surface area (TPSA) is 119 Å². The number of esters is 3. The van der Waals surface area contributed by atoms with Crippen LogP contribution >= 0.6 is 0 Å². The van der Waals surface area contributed by atoms with Gasteiger partial charge in [0, 0.05) is 13.8 Å². The molecule has 2 atom stereocenters. The number of nitrogens with zero attached hydrogens (tertiary/aromatic N) is 3. The first-order valence-electron chi connectivity index (χ1n) is 8.02. The lowest BCUT2D eigenvalue weighted by Gasteiger charge is -2.21. The fourth-order valence-electron chi connectivity index (χ4n) is 2.56. The Kier molecular flexibility index (Phi) is 5.06. The molecule has 0 fully saturated rings. The Hall–Kier alpha value is -3.43. The first kappa shape index (κ1) is 18.4. The predicted molar refractivity (Wildman–Crippen MR) is 88.3 cm³/mol. The minimum Gasteiger partial charge on any atom is -0.497 e. The molecule has 1 aromatic carbocycles. The second-order valence-corrected chi connectivity index (χ2v) is 5.70. The highest BCUT2D eigenvalue weighted by molar-refractivity contribution is 5.91. The zero-order chi connectivity index (χ0) is 19.6. The number of carbonyl (C=O) groups excluding carboxylic acids is 3. The van der Waals surface area contributed by atoms with Gasteiger partial charge in [0.2, 0.25) is 0 Å². The molecule has 0 saturated carbocycles. The number of aromatic nitrogens is 3. The van der Waals surface area contributed by atoms with Crippen LogP contribution in [0.25, 0.3) is 5.69 Å². The van der Waals surface area contributed by atoms with Gasteiger partial charge in [0.25, 0.3) is 0 Å². The zero-order valence-electron chi connectivity index (χ0n) is 14.9. The van der Waals surface area contributed by atoms with E-state index in [0.29, 0.717) is 11.4 Å². The molecule has 2 aromatic rings. The number of fused-ring (bicyclic) bond motifs is 1. The van der Waals surface area contributed by atoms with Crippen molar-refractivity contribution in [2.24, 2.45) is 0 Å². The van der Waals surface area contributed by atoms with Crippen LogP contribution < -0.4 is 4.74 Å². The van der Waals surface area contributed by atoms with Gasteiger partial charge in [0.1, 0.15) is 18.1 Å². The molecule has 2 unspecified atom stereocenters. The van der Waals surface area contributed by atoms with Crippen LogP contribution in [0.3, 0.4) is 0 Å². The molecule has 0 spiro atoms. The molecule has 0 amide bonds. The van der Waals surface area contributed by atoms with Gasteiger partial charge in [-0.3, -0.25) is 9.59 Å². The SMILES string of the molecule is COc1ccc(-n2nc3c(n2)C(C(COC(C)=O)OC(C)=O)OC3=O)cc1. The lowest BCUT2D eigenvalue weighted by Crippen LogP contribution is -2.31. The highest BCUT2D eigenvalue weighted by Crippen LogP contribution is 2.33. The molecule has 27 heavy (non-hydrogen) atoms. The normalized spacial score (nSPS) is 16.3. The average Bonchev–Trinajstić information content (AvgIpc) is 3.19. The van der Waals surface area contributed by atoms with Crippen molar-refractivity contribution in [3.05, 3.63) is 35.7 Å². The molecular formula is C17H17N3O7. The molecule has 10 heteroatoms. The first-order valence-corrected chi connectivity index (χ1v) is 8.02. The number of benzene rings is 1. The van der Waals surface area contributed by atoms with Crippen LogP contribution in [0.4, 0.5) is 0 Å². The van der Waals surface area contributed by atoms with Crippen LogP contribution in [-0.4, -0.2) is 52.7 Å². The molecule has 3 rings (SSSR count). The minimum absolute atomic E-state index is 0.01000. The molecule has 0 aliphatic carbocycles. The molecule has 0 bridgehead atoms. The van der Waals surface area contributed by atoms with Crippen molar-refractivity contribution >= 4 is 17.9 Å². The number of ether oxygens (including phenoxy) is 4. The number of hydrogen-bond acceptors (Lipinski definition) is 9. The maximum atomic E-state index is 12.1. The molecular weight excluding hydrogens is 358 g/mol. The van der Waals surface area contributed by atoms with E-state index in [4.69, 9.17) is 18.9 Å². The lowest BCUT2D eigenvalue weighted by atomic mass is 10.1. The van der Waals surface area contributed by atoms with E-state index in [1.165, 1.54) is 18.6 Å². The Morgan fingerprint density at radius 2 is 1.89 bits per heavy atom. The summed E-state index contributed by atoms with van der Waals surface area (Å²) < 4.78 is 20.4. The Morgan fingerprint density at radius 1 is 1.19 bits per heavy atom. The Labute approximate surface area is 154 Å². The second-order valence-electron chi connectivity index (χ2n) is 5.70. The molecule has 1 aliphatic rings. The summed E-state index contributed by atoms with van der Waals surface area (Å²) in [7, 11) is 1.55. The van der Waals surface area contributed by atoms with E-state index in [2.05, 4.69) is 10.2 Å². The summed E-state index contributed by atoms with van der Waals surface area (Å²) in [5.41, 5.74) is 0.811. The summed E-state index contributed by atoms with van der Waals surface area (Å²) in [5, 5.41) is 8.44. The molecule has 10 nitrogen and oxygen atoms in total. The van der Waals surface area contributed by atoms with Gasteiger partial charge >= 0.3 is 17.9 Å². The van der Waals surface area contributed by atoms with Crippen LogP contribution in [0, 0.1) is 0 Å². The summed E-state index contributed by atoms with van der Waals surface area (Å²) in [5.74, 6) is -1.21. The van der Waals surface area contributed by atoms with E-state index in [9.17, 15) is 14.4 Å². The number of hydrogen-bond donors (Lipinski definition) is 0. The highest BCUT2D eigenvalue weighted by atomic mass is 16.6. The third kappa shape index (κ3) is 3.89. The van der Waals surface area contributed by atoms with Gasteiger partial charge in [0.05, 0.1) is 12.8 Å². The molecule has 142 valence electrons. The second kappa shape index (κ2) is 7.44. The maximum Gasteiger partial charge on any atom is 0.361 e. The van der Waals surface area contributed by atoms with Gasteiger partial charge in [-0.05, 0) is 24.3 Å². The van der Waals surface area contributed by atoms with Crippen LogP contribution in [0.2, 0.25) is 0 Å². The fraction of sp³-hybridized carbons (Fsp3) is 0.353. The van der Waals surface area contributed by atoms with E-state index in [1.54, 1.807) is 31.4 Å². The van der Waals surface area contributed by atoms with E-state index >= 15 is 0 Å². The summed E-state index contributed by atoms with van der Waals surface area (Å²) in [4.78, 5) is 35.9. The molecule has 0 N–H and O–H groups in total. The predicted octanol–water partition coefficient (Wildman–Crippen LogP) is 0.982. The molecule has 2 heterocycles. The smallest absolute Gasteiger partial charge is 0.361 e. The van der Waals surface area contributed by atoms with Crippen molar-refractivity contribution in [2.45, 2.75) is 26.1 Å². The van der Waals surface area contributed by atoms with Gasteiger partial charge in [-0.15, -0.1) is 10.2 Å². The van der Waals surface area contributed by atoms with E-state index in [1.807, 2.05) is 0 Å². The molecule has 1 aromatic heterocycles. The Bertz CT molecular complexity index is 875. The van der Waals surface area contributed by atoms with Gasteiger partial charge in [-0.2, -0.15) is 4.80 Å². The van der Waals surface area contributed by atoms with Crippen LogP contribution in [0.1, 0.15) is 36.1 Å². The Balaban J connectivity index is 1.90. The van der Waals surface area contributed by atoms with Crippen molar-refractivity contribution in [1.82, 2.24) is 15.0 Å². The van der Waals surface area contributed by atoms with Crippen LogP contribution in [0.5, 0.6) is 5.75 Å². The van der Waals surface area contributed by atoms with Crippen molar-refractivity contribution in [3.63, 3.8) is 0 Å². The zero-order valence-corrected chi connectivity index (χ0v) is 14.9. The van der Waals surface area contributed by atoms with E-state index in [0.717, 1.165) is 0 Å². The summed E-state index contributed by atoms with van der Waals surface area (Å²) >= 11 is 0. The fourth-order valence-corrected chi connectivity index (χ4v) is 2.56. The summed E-state index contributed by atoms with van der Waals surface area (Å²) in [6.07, 6.45) is -2.06. The van der Waals surface area contributed by atoms with Gasteiger partial charge in [-0.1, -0.05) is 0 Å². The van der Waals surface area contributed by atoms with Crippen molar-refractivity contribution < 1.29 is 33.3 Å². The maximum absolute atomic E-state index is 12.1. The standard InChI is InChI=1S/C17H17N3O7/c1-9(21)25-8-13(26-10(2)22)16-14-15(17(23)27-16)19-20(18-14)11-4-6-12(24-3)7-5-11/h4-7,13,16H,8H2,1-3H3. The number of methoxy groups -OCH3 is 1. The van der Waals surface area contributed by atoms with Crippen molar-refractivity contribution in [1.29, 1.82) is 0 Å². The quantitative estimate of drug-likeness (QED) is 0.537. The summed E-state index contributed by atoms with van der Waals surface area (Å²) in [6.45, 7) is 2.14. The minimum atomic E-state index is -1.03. The third-order valence-corrected chi connectivity index (χ3v) is 3.75. The number of rotatable bonds is 6. The average molecular weight is 375 g/mol. The largest absolute Gasteiger partial charge is 0.497 e. The Morgan fingerprint density at radius 3 is 2.48 bits per heavy atom. The van der Waals surface area contributed by atoms with Gasteiger partial charge in [-0.25, -0.2) is 4.79 Å². The summed E-state index contributed by atoms with van der Waals surface area (Å²) in [6, 6.07) is 6.89. The van der Waals surface area contributed by atoms with E-state index < -0.39 is 30.1 Å². The van der Waals surface area contributed by atoms with Crippen LogP contribution in [0.15, 0.2) is 24.3 Å². The molecule has 0 radical (unpaired) electrons. The van der Waals surface area contributed by atoms with Gasteiger partial charge < -0.3 is 18.9 Å². The van der Waals surface area contributed by atoms with Crippen LogP contribution in [-0.2, 0) is 23.8 Å². The van der Waals surface area contributed by atoms with E-state index in [-0.39, 0.29) is 18.0 Å². The molecule has 0 saturated heterocycles. The van der Waals surface area contributed by atoms with Crippen molar-refractivity contribution in [2.75, 3.05) is 13.7 Å². The third-order valence-electron chi connectivity index (χ3n) is 3.75. The number of cyclic esters (lactones) is 1. The van der Waals surface area contributed by atoms with Gasteiger partial charge in [0.15, 0.2) is 17.9 Å². The molecule has 1 aliphatic heterocycles. The number of carbonyl (C=O) groups is 3. The van der Waals surface area contributed by atoms with Crippen molar-refractivity contribution in [3.8, 4) is 11.4 Å². The highest BCUT2D eigenvalue weighted by Gasteiger charge is 2.43. The monoisotopic (exact) mass is 375 g/mol. The first-order chi connectivity index (χ1) is 12.9. The lowest BCUT2D eigenvalue weighted by molar-refractivity contribution is -0.163.